The Morgan fingerprint density at radius 2 is 1.62 bits per heavy atom. The maximum Gasteiger partial charge on any atom is 0.267 e. The van der Waals surface area contributed by atoms with Crippen LogP contribution in [-0.4, -0.2) is 59.0 Å². The Hall–Kier alpha value is -2.63. The minimum atomic E-state index is -3.61. The van der Waals surface area contributed by atoms with Crippen molar-refractivity contribution in [3.05, 3.63) is 48.5 Å². The number of piperidine rings is 1. The van der Waals surface area contributed by atoms with Crippen LogP contribution in [0.15, 0.2) is 53.4 Å². The number of fused-ring (bicyclic) bond motifs is 1. The van der Waals surface area contributed by atoms with E-state index in [1.54, 1.807) is 24.3 Å². The van der Waals surface area contributed by atoms with Crippen LogP contribution in [-0.2, 0) is 24.8 Å². The molecule has 1 N–H and O–H groups in total. The van der Waals surface area contributed by atoms with Gasteiger partial charge < -0.3 is 10.1 Å². The standard InChI is InChI=1S/C21H25N3O6S2/c1-31(26,27)24-15-20(30-19-8-4-3-7-18(19)24)21(25)22-16-9-11-17(12-10-16)32(28,29)23-13-5-2-6-14-23/h3-4,7-12,20H,2,5-6,13-15H2,1H3,(H,22,25)/t20-/m1/s1. The highest BCUT2D eigenvalue weighted by atomic mass is 32.2. The quantitative estimate of drug-likeness (QED) is 0.702. The fourth-order valence-corrected chi connectivity index (χ4v) is 6.27. The zero-order valence-corrected chi connectivity index (χ0v) is 19.2. The molecule has 11 heteroatoms. The fourth-order valence-electron chi connectivity index (χ4n) is 3.84. The van der Waals surface area contributed by atoms with Crippen LogP contribution >= 0.6 is 0 Å². The van der Waals surface area contributed by atoms with Gasteiger partial charge in [-0.05, 0) is 49.2 Å². The molecule has 0 saturated carbocycles. The van der Waals surface area contributed by atoms with E-state index in [1.165, 1.54) is 28.6 Å². The smallest absolute Gasteiger partial charge is 0.267 e. The lowest BCUT2D eigenvalue weighted by atomic mass is 10.2. The molecule has 32 heavy (non-hydrogen) atoms. The number of hydrogen-bond acceptors (Lipinski definition) is 6. The van der Waals surface area contributed by atoms with E-state index in [9.17, 15) is 21.6 Å². The molecule has 0 aromatic heterocycles. The summed E-state index contributed by atoms with van der Waals surface area (Å²) in [5.74, 6) is -0.230. The predicted octanol–water partition coefficient (Wildman–Crippen LogP) is 2.03. The van der Waals surface area contributed by atoms with Crippen molar-refractivity contribution in [2.24, 2.45) is 0 Å². The average Bonchev–Trinajstić information content (AvgIpc) is 2.78. The highest BCUT2D eigenvalue weighted by molar-refractivity contribution is 7.92. The van der Waals surface area contributed by atoms with Crippen LogP contribution < -0.4 is 14.4 Å². The summed E-state index contributed by atoms with van der Waals surface area (Å²) in [6.45, 7) is 0.861. The number of sulfonamides is 2. The molecule has 1 atom stereocenters. The molecule has 1 amide bonds. The maximum atomic E-state index is 12.8. The number of ether oxygens (including phenoxy) is 1. The monoisotopic (exact) mass is 479 g/mol. The number of carbonyl (C=O) groups excluding carboxylic acids is 1. The third kappa shape index (κ3) is 4.59. The molecule has 2 aliphatic heterocycles. The van der Waals surface area contributed by atoms with Crippen molar-refractivity contribution < 1.29 is 26.4 Å². The topological polar surface area (TPSA) is 113 Å². The molecule has 9 nitrogen and oxygen atoms in total. The number of rotatable bonds is 5. The summed E-state index contributed by atoms with van der Waals surface area (Å²) >= 11 is 0. The van der Waals surface area contributed by atoms with Crippen molar-refractivity contribution in [3.8, 4) is 5.75 Å². The number of hydrogen-bond donors (Lipinski definition) is 1. The van der Waals surface area contributed by atoms with Crippen LogP contribution in [0.1, 0.15) is 19.3 Å². The maximum absolute atomic E-state index is 12.8. The second-order valence-electron chi connectivity index (χ2n) is 7.85. The number of nitrogens with one attached hydrogen (secondary N) is 1. The first-order chi connectivity index (χ1) is 15.2. The van der Waals surface area contributed by atoms with Gasteiger partial charge in [-0.2, -0.15) is 4.31 Å². The molecule has 2 aromatic carbocycles. The van der Waals surface area contributed by atoms with Crippen molar-refractivity contribution in [1.82, 2.24) is 4.31 Å². The van der Waals surface area contributed by atoms with Crippen LogP contribution in [0.2, 0.25) is 0 Å². The molecule has 4 rings (SSSR count). The largest absolute Gasteiger partial charge is 0.476 e. The average molecular weight is 480 g/mol. The number of benzene rings is 2. The zero-order chi connectivity index (χ0) is 22.9. The summed E-state index contributed by atoms with van der Waals surface area (Å²) in [5, 5.41) is 2.68. The first-order valence-electron chi connectivity index (χ1n) is 10.3. The van der Waals surface area contributed by atoms with Gasteiger partial charge in [-0.3, -0.25) is 9.10 Å². The van der Waals surface area contributed by atoms with Gasteiger partial charge in [0.1, 0.15) is 5.75 Å². The summed E-state index contributed by atoms with van der Waals surface area (Å²) in [5.41, 5.74) is 0.771. The zero-order valence-electron chi connectivity index (χ0n) is 17.6. The van der Waals surface area contributed by atoms with Crippen LogP contribution in [0, 0.1) is 0 Å². The highest BCUT2D eigenvalue weighted by Gasteiger charge is 2.35. The van der Waals surface area contributed by atoms with Gasteiger partial charge in [-0.25, -0.2) is 16.8 Å². The van der Waals surface area contributed by atoms with Gasteiger partial charge in [0.2, 0.25) is 20.0 Å². The fraction of sp³-hybridized carbons (Fsp3) is 0.381. The van der Waals surface area contributed by atoms with Gasteiger partial charge >= 0.3 is 0 Å². The van der Waals surface area contributed by atoms with E-state index >= 15 is 0 Å². The number of carbonyl (C=O) groups is 1. The van der Waals surface area contributed by atoms with Crippen LogP contribution in [0.4, 0.5) is 11.4 Å². The molecule has 0 spiro atoms. The Labute approximate surface area is 188 Å². The normalized spacial score (nSPS) is 19.7. The Morgan fingerprint density at radius 1 is 0.969 bits per heavy atom. The van der Waals surface area contributed by atoms with E-state index in [0.717, 1.165) is 29.8 Å². The summed E-state index contributed by atoms with van der Waals surface area (Å²) in [7, 11) is -7.17. The molecule has 2 heterocycles. The molecular formula is C21H25N3O6S2. The molecule has 0 aliphatic carbocycles. The van der Waals surface area contributed by atoms with Gasteiger partial charge in [0.05, 0.1) is 23.4 Å². The van der Waals surface area contributed by atoms with E-state index < -0.39 is 32.1 Å². The minimum absolute atomic E-state index is 0.164. The third-order valence-electron chi connectivity index (χ3n) is 5.50. The minimum Gasteiger partial charge on any atom is -0.476 e. The number of nitrogens with zero attached hydrogens (tertiary/aromatic N) is 2. The van der Waals surface area contributed by atoms with E-state index in [-0.39, 0.29) is 11.4 Å². The summed E-state index contributed by atoms with van der Waals surface area (Å²) < 4.78 is 58.3. The first kappa shape index (κ1) is 22.6. The molecule has 0 bridgehead atoms. The lowest BCUT2D eigenvalue weighted by molar-refractivity contribution is -0.122. The van der Waals surface area contributed by atoms with Gasteiger partial charge in [0.25, 0.3) is 5.91 Å². The Bertz CT molecular complexity index is 1210. The van der Waals surface area contributed by atoms with Gasteiger partial charge in [0.15, 0.2) is 6.10 Å². The second kappa shape index (κ2) is 8.72. The third-order valence-corrected chi connectivity index (χ3v) is 8.56. The predicted molar refractivity (Wildman–Crippen MR) is 121 cm³/mol. The Balaban J connectivity index is 1.48. The number of para-hydroxylation sites is 2. The highest BCUT2D eigenvalue weighted by Crippen LogP contribution is 2.34. The number of amides is 1. The second-order valence-corrected chi connectivity index (χ2v) is 11.7. The molecule has 172 valence electrons. The molecule has 0 radical (unpaired) electrons. The Morgan fingerprint density at radius 3 is 2.28 bits per heavy atom. The van der Waals surface area contributed by atoms with E-state index in [2.05, 4.69) is 5.32 Å². The number of anilines is 2. The lowest BCUT2D eigenvalue weighted by Gasteiger charge is -2.33. The Kier molecular flexibility index (Phi) is 6.15. The molecule has 1 saturated heterocycles. The van der Waals surface area contributed by atoms with Crippen molar-refractivity contribution >= 4 is 37.3 Å². The molecular weight excluding hydrogens is 454 g/mol. The molecule has 2 aromatic rings. The summed E-state index contributed by atoms with van der Waals surface area (Å²) in [6, 6.07) is 12.6. The molecule has 1 fully saturated rings. The van der Waals surface area contributed by atoms with Gasteiger partial charge in [0, 0.05) is 18.8 Å². The van der Waals surface area contributed by atoms with Crippen LogP contribution in [0.5, 0.6) is 5.75 Å². The first-order valence-corrected chi connectivity index (χ1v) is 13.6. The van der Waals surface area contributed by atoms with Crippen LogP contribution in [0.25, 0.3) is 0 Å². The van der Waals surface area contributed by atoms with E-state index in [1.807, 2.05) is 0 Å². The van der Waals surface area contributed by atoms with E-state index in [0.29, 0.717) is 30.2 Å². The summed E-state index contributed by atoms with van der Waals surface area (Å²) in [6.07, 6.45) is 2.74. The van der Waals surface area contributed by atoms with Crippen molar-refractivity contribution in [2.75, 3.05) is 35.5 Å². The lowest BCUT2D eigenvalue weighted by Crippen LogP contribution is -2.48. The van der Waals surface area contributed by atoms with Crippen molar-refractivity contribution in [1.29, 1.82) is 0 Å². The van der Waals surface area contributed by atoms with Crippen molar-refractivity contribution in [2.45, 2.75) is 30.3 Å². The summed E-state index contributed by atoms with van der Waals surface area (Å²) in [4.78, 5) is 13.0. The molecule has 0 unspecified atom stereocenters. The van der Waals surface area contributed by atoms with Crippen LogP contribution in [0.3, 0.4) is 0 Å². The van der Waals surface area contributed by atoms with Crippen molar-refractivity contribution in [3.63, 3.8) is 0 Å². The van der Waals surface area contributed by atoms with Gasteiger partial charge in [-0.1, -0.05) is 18.6 Å². The SMILES string of the molecule is CS(=O)(=O)N1C[C@H](C(=O)Nc2ccc(S(=O)(=O)N3CCCCC3)cc2)Oc2ccccc21. The van der Waals surface area contributed by atoms with Gasteiger partial charge in [-0.15, -0.1) is 0 Å². The van der Waals surface area contributed by atoms with E-state index in [4.69, 9.17) is 4.74 Å². The molecule has 2 aliphatic rings.